The Morgan fingerprint density at radius 1 is 1.30 bits per heavy atom. The highest BCUT2D eigenvalue weighted by Gasteiger charge is 2.20. The molecular weight excluding hydrogens is 274 g/mol. The monoisotopic (exact) mass is 291 g/mol. The number of hydrogen-bond donors (Lipinski definition) is 1. The first-order chi connectivity index (χ1) is 9.38. The molecule has 2 aromatic rings. The number of aromatic nitrogens is 2. The van der Waals surface area contributed by atoms with Crippen molar-refractivity contribution in [2.45, 2.75) is 12.5 Å². The minimum Gasteiger partial charge on any atom is -0.372 e. The number of benzene rings is 1. The summed E-state index contributed by atoms with van der Waals surface area (Å²) in [7, 11) is 1.95. The molecule has 0 bridgehead atoms. The van der Waals surface area contributed by atoms with E-state index < -0.39 is 0 Å². The minimum absolute atomic E-state index is 0. The Hall–Kier alpha value is -1.49. The van der Waals surface area contributed by atoms with Crippen molar-refractivity contribution in [2.75, 3.05) is 20.2 Å². The Balaban J connectivity index is 0.00000147. The molecule has 0 spiro atoms. The summed E-state index contributed by atoms with van der Waals surface area (Å²) < 4.78 is 5.80. The molecule has 3 rings (SSSR count). The van der Waals surface area contributed by atoms with Gasteiger partial charge in [0.25, 0.3) is 0 Å². The third kappa shape index (κ3) is 2.98. The Labute approximate surface area is 125 Å². The molecule has 1 N–H and O–H groups in total. The van der Waals surface area contributed by atoms with Crippen LogP contribution in [0.2, 0.25) is 0 Å². The zero-order valence-corrected chi connectivity index (χ0v) is 12.2. The second-order valence-corrected chi connectivity index (χ2v) is 4.65. The van der Waals surface area contributed by atoms with Gasteiger partial charge >= 0.3 is 0 Å². The van der Waals surface area contributed by atoms with Crippen LogP contribution in [0.3, 0.4) is 0 Å². The first kappa shape index (κ1) is 14.9. The fourth-order valence-electron chi connectivity index (χ4n) is 2.48. The van der Waals surface area contributed by atoms with Crippen molar-refractivity contribution < 1.29 is 4.74 Å². The first-order valence-corrected chi connectivity index (χ1v) is 6.55. The Morgan fingerprint density at radius 2 is 2.10 bits per heavy atom. The molecule has 1 aliphatic rings. The molecule has 0 aliphatic carbocycles. The molecule has 0 fully saturated rings. The lowest BCUT2D eigenvalue weighted by Gasteiger charge is -2.26. The maximum atomic E-state index is 5.80. The molecule has 1 aromatic carbocycles. The predicted octanol–water partition coefficient (Wildman–Crippen LogP) is 2.40. The highest BCUT2D eigenvalue weighted by Crippen LogP contribution is 2.29. The highest BCUT2D eigenvalue weighted by molar-refractivity contribution is 5.85. The summed E-state index contributed by atoms with van der Waals surface area (Å²) in [6, 6.07) is 8.24. The fraction of sp³-hybridized carbons (Fsp3) is 0.333. The molecule has 1 atom stereocenters. The van der Waals surface area contributed by atoms with E-state index in [2.05, 4.69) is 33.5 Å². The van der Waals surface area contributed by atoms with Crippen LogP contribution in [0.1, 0.15) is 17.2 Å². The summed E-state index contributed by atoms with van der Waals surface area (Å²) in [4.78, 5) is 8.60. The van der Waals surface area contributed by atoms with Gasteiger partial charge in [-0.1, -0.05) is 12.1 Å². The van der Waals surface area contributed by atoms with E-state index in [0.29, 0.717) is 0 Å². The third-order valence-electron chi connectivity index (χ3n) is 3.39. The normalized spacial score (nSPS) is 17.1. The van der Waals surface area contributed by atoms with E-state index in [1.807, 2.05) is 13.1 Å². The van der Waals surface area contributed by atoms with Gasteiger partial charge in [-0.3, -0.25) is 0 Å². The number of rotatable bonds is 3. The molecule has 20 heavy (non-hydrogen) atoms. The molecule has 1 unspecified atom stereocenters. The van der Waals surface area contributed by atoms with Crippen LogP contribution in [0.15, 0.2) is 36.7 Å². The van der Waals surface area contributed by atoms with Crippen molar-refractivity contribution in [3.8, 4) is 11.4 Å². The van der Waals surface area contributed by atoms with Crippen molar-refractivity contribution in [1.29, 1.82) is 0 Å². The first-order valence-electron chi connectivity index (χ1n) is 6.55. The van der Waals surface area contributed by atoms with Crippen molar-refractivity contribution in [3.63, 3.8) is 0 Å². The summed E-state index contributed by atoms with van der Waals surface area (Å²) >= 11 is 0. The molecule has 0 saturated heterocycles. The van der Waals surface area contributed by atoms with Gasteiger partial charge in [0, 0.05) is 24.5 Å². The molecule has 1 aliphatic heterocycles. The molecule has 4 nitrogen and oxygen atoms in total. The Kier molecular flexibility index (Phi) is 5.06. The van der Waals surface area contributed by atoms with E-state index in [-0.39, 0.29) is 18.5 Å². The van der Waals surface area contributed by atoms with Gasteiger partial charge in [0.05, 0.1) is 12.7 Å². The van der Waals surface area contributed by atoms with Gasteiger partial charge in [0.1, 0.15) is 0 Å². The van der Waals surface area contributed by atoms with Crippen LogP contribution in [0.5, 0.6) is 0 Å². The lowest BCUT2D eigenvalue weighted by molar-refractivity contribution is 0.0439. The van der Waals surface area contributed by atoms with E-state index in [4.69, 9.17) is 4.74 Å². The van der Waals surface area contributed by atoms with Crippen LogP contribution >= 0.6 is 12.4 Å². The number of nitrogens with zero attached hydrogens (tertiary/aromatic N) is 2. The van der Waals surface area contributed by atoms with Gasteiger partial charge in [-0.05, 0) is 36.7 Å². The molecule has 5 heteroatoms. The van der Waals surface area contributed by atoms with E-state index >= 15 is 0 Å². The molecule has 0 amide bonds. The standard InChI is InChI=1S/C15H17N3O.ClH/c1-16-10-14-13-4-3-12(9-11(13)5-8-19-14)15-17-6-2-7-18-15;/h2-4,6-7,9,14,16H,5,8,10H2,1H3;1H. The zero-order valence-electron chi connectivity index (χ0n) is 11.4. The number of halogens is 1. The number of fused-ring (bicyclic) bond motifs is 1. The van der Waals surface area contributed by atoms with Crippen LogP contribution < -0.4 is 5.32 Å². The predicted molar refractivity (Wildman–Crippen MR) is 81.0 cm³/mol. The van der Waals surface area contributed by atoms with Gasteiger partial charge in [-0.2, -0.15) is 0 Å². The highest BCUT2D eigenvalue weighted by atomic mass is 35.5. The Bertz CT molecular complexity index is 562. The zero-order chi connectivity index (χ0) is 13.1. The smallest absolute Gasteiger partial charge is 0.159 e. The summed E-state index contributed by atoms with van der Waals surface area (Å²) in [5.74, 6) is 0.780. The Morgan fingerprint density at radius 3 is 2.85 bits per heavy atom. The second-order valence-electron chi connectivity index (χ2n) is 4.65. The van der Waals surface area contributed by atoms with E-state index in [0.717, 1.165) is 31.0 Å². The average Bonchev–Trinajstić information content (AvgIpc) is 2.48. The minimum atomic E-state index is 0. The van der Waals surface area contributed by atoms with E-state index in [1.165, 1.54) is 11.1 Å². The summed E-state index contributed by atoms with van der Waals surface area (Å²) in [5, 5.41) is 3.17. The topological polar surface area (TPSA) is 47.0 Å². The maximum Gasteiger partial charge on any atom is 0.159 e. The maximum absolute atomic E-state index is 5.80. The summed E-state index contributed by atoms with van der Waals surface area (Å²) in [6.45, 7) is 1.62. The molecule has 106 valence electrons. The SMILES string of the molecule is CNCC1OCCc2cc(-c3ncccn3)ccc21.Cl. The van der Waals surface area contributed by atoms with Crippen LogP contribution in [0.25, 0.3) is 11.4 Å². The van der Waals surface area contributed by atoms with E-state index in [1.54, 1.807) is 12.4 Å². The van der Waals surface area contributed by atoms with Crippen molar-refractivity contribution >= 4 is 12.4 Å². The fourth-order valence-corrected chi connectivity index (χ4v) is 2.48. The number of ether oxygens (including phenoxy) is 1. The molecule has 0 saturated carbocycles. The van der Waals surface area contributed by atoms with Crippen LogP contribution in [0, 0.1) is 0 Å². The number of likely N-dealkylation sites (N-methyl/N-ethyl adjacent to an activating group) is 1. The molecular formula is C15H18ClN3O. The lowest BCUT2D eigenvalue weighted by Crippen LogP contribution is -2.25. The second kappa shape index (κ2) is 6.79. The number of hydrogen-bond acceptors (Lipinski definition) is 4. The van der Waals surface area contributed by atoms with Crippen LogP contribution in [-0.4, -0.2) is 30.2 Å². The van der Waals surface area contributed by atoms with Gasteiger partial charge in [-0.25, -0.2) is 9.97 Å². The van der Waals surface area contributed by atoms with Gasteiger partial charge in [-0.15, -0.1) is 12.4 Å². The summed E-state index contributed by atoms with van der Waals surface area (Å²) in [6.07, 6.45) is 4.65. The largest absolute Gasteiger partial charge is 0.372 e. The van der Waals surface area contributed by atoms with E-state index in [9.17, 15) is 0 Å². The van der Waals surface area contributed by atoms with Crippen LogP contribution in [0.4, 0.5) is 0 Å². The van der Waals surface area contributed by atoms with Gasteiger partial charge < -0.3 is 10.1 Å². The van der Waals surface area contributed by atoms with Crippen molar-refractivity contribution in [1.82, 2.24) is 15.3 Å². The molecule has 1 aromatic heterocycles. The lowest BCUT2D eigenvalue weighted by atomic mass is 9.95. The van der Waals surface area contributed by atoms with Gasteiger partial charge in [0.15, 0.2) is 5.82 Å². The molecule has 0 radical (unpaired) electrons. The van der Waals surface area contributed by atoms with Crippen molar-refractivity contribution in [3.05, 3.63) is 47.8 Å². The van der Waals surface area contributed by atoms with Gasteiger partial charge in [0.2, 0.25) is 0 Å². The number of nitrogens with one attached hydrogen (secondary N) is 1. The van der Waals surface area contributed by atoms with Crippen molar-refractivity contribution in [2.24, 2.45) is 0 Å². The quantitative estimate of drug-likeness (QED) is 0.943. The third-order valence-corrected chi connectivity index (χ3v) is 3.39. The summed E-state index contributed by atoms with van der Waals surface area (Å²) in [5.41, 5.74) is 3.70. The average molecular weight is 292 g/mol. The molecule has 2 heterocycles. The van der Waals surface area contributed by atoms with Crippen LogP contribution in [-0.2, 0) is 11.2 Å².